The molecule has 3 N–H and O–H groups in total. The first-order chi connectivity index (χ1) is 14.0. The third-order valence-electron chi connectivity index (χ3n) is 5.22. The Kier molecular flexibility index (Phi) is 6.44. The molecule has 0 aliphatic heterocycles. The molecule has 0 aromatic heterocycles. The molecule has 0 saturated carbocycles. The van der Waals surface area contributed by atoms with E-state index in [-0.39, 0.29) is 11.8 Å². The largest absolute Gasteiger partial charge is 0.481 e. The molecule has 2 amide bonds. The number of anilines is 1. The molecule has 0 fully saturated rings. The van der Waals surface area contributed by atoms with Gasteiger partial charge in [-0.1, -0.05) is 48.6 Å². The maximum absolute atomic E-state index is 12.7. The zero-order valence-electron chi connectivity index (χ0n) is 16.2. The van der Waals surface area contributed by atoms with E-state index in [9.17, 15) is 19.5 Å². The fourth-order valence-corrected chi connectivity index (χ4v) is 3.47. The third-order valence-corrected chi connectivity index (χ3v) is 5.22. The molecule has 3 rings (SSSR count). The zero-order valence-corrected chi connectivity index (χ0v) is 16.2. The Balaban J connectivity index is 1.72. The molecular weight excluding hydrogens is 368 g/mol. The lowest BCUT2D eigenvalue weighted by molar-refractivity contribution is -0.146. The molecule has 6 heteroatoms. The van der Waals surface area contributed by atoms with Crippen LogP contribution in [-0.4, -0.2) is 22.9 Å². The highest BCUT2D eigenvalue weighted by Gasteiger charge is 2.34. The van der Waals surface area contributed by atoms with Crippen molar-refractivity contribution < 1.29 is 19.5 Å². The summed E-state index contributed by atoms with van der Waals surface area (Å²) in [5.41, 5.74) is 2.81. The zero-order chi connectivity index (χ0) is 20.8. The molecule has 2 aromatic carbocycles. The number of carboxylic acids is 1. The summed E-state index contributed by atoms with van der Waals surface area (Å²) in [4.78, 5) is 36.9. The summed E-state index contributed by atoms with van der Waals surface area (Å²) < 4.78 is 0. The first kappa shape index (κ1) is 20.3. The molecule has 150 valence electrons. The minimum absolute atomic E-state index is 0.303. The first-order valence-corrected chi connectivity index (χ1v) is 9.57. The van der Waals surface area contributed by atoms with E-state index in [1.165, 1.54) is 0 Å². The van der Waals surface area contributed by atoms with E-state index in [2.05, 4.69) is 10.6 Å². The maximum Gasteiger partial charge on any atom is 0.307 e. The summed E-state index contributed by atoms with van der Waals surface area (Å²) in [5, 5.41) is 15.0. The summed E-state index contributed by atoms with van der Waals surface area (Å²) >= 11 is 0. The van der Waals surface area contributed by atoms with Crippen LogP contribution in [0.15, 0.2) is 60.7 Å². The van der Waals surface area contributed by atoms with Crippen LogP contribution < -0.4 is 10.6 Å². The molecule has 1 aliphatic rings. The monoisotopic (exact) mass is 392 g/mol. The highest BCUT2D eigenvalue weighted by atomic mass is 16.4. The highest BCUT2D eigenvalue weighted by Crippen LogP contribution is 2.28. The summed E-state index contributed by atoms with van der Waals surface area (Å²) in [6.07, 6.45) is 4.30. The number of amides is 2. The van der Waals surface area contributed by atoms with E-state index in [4.69, 9.17) is 0 Å². The smallest absolute Gasteiger partial charge is 0.307 e. The van der Waals surface area contributed by atoms with Gasteiger partial charge in [0.05, 0.1) is 23.1 Å². The summed E-state index contributed by atoms with van der Waals surface area (Å²) in [6, 6.07) is 14.5. The van der Waals surface area contributed by atoms with Gasteiger partial charge in [-0.05, 0) is 43.0 Å². The second-order valence-corrected chi connectivity index (χ2v) is 7.14. The molecule has 0 bridgehead atoms. The van der Waals surface area contributed by atoms with Crippen molar-refractivity contribution in [1.82, 2.24) is 5.32 Å². The fourth-order valence-electron chi connectivity index (χ4n) is 3.47. The van der Waals surface area contributed by atoms with Gasteiger partial charge in [-0.25, -0.2) is 0 Å². The van der Waals surface area contributed by atoms with Crippen LogP contribution in [0.5, 0.6) is 0 Å². The second kappa shape index (κ2) is 9.19. The predicted molar refractivity (Wildman–Crippen MR) is 110 cm³/mol. The van der Waals surface area contributed by atoms with Crippen molar-refractivity contribution in [2.75, 3.05) is 5.32 Å². The lowest BCUT2D eigenvalue weighted by Crippen LogP contribution is -2.35. The van der Waals surface area contributed by atoms with Gasteiger partial charge in [0.1, 0.15) is 0 Å². The van der Waals surface area contributed by atoms with Crippen LogP contribution in [0.3, 0.4) is 0 Å². The number of benzene rings is 2. The molecule has 2 atom stereocenters. The molecule has 6 nitrogen and oxygen atoms in total. The average Bonchev–Trinajstić information content (AvgIpc) is 2.73. The topological polar surface area (TPSA) is 95.5 Å². The van der Waals surface area contributed by atoms with Crippen molar-refractivity contribution in [3.63, 3.8) is 0 Å². The maximum atomic E-state index is 12.7. The molecule has 0 saturated heterocycles. The molecule has 2 aromatic rings. The Morgan fingerprint density at radius 2 is 1.62 bits per heavy atom. The predicted octanol–water partition coefficient (Wildman–Crippen LogP) is 3.53. The van der Waals surface area contributed by atoms with Crippen molar-refractivity contribution in [2.45, 2.75) is 26.3 Å². The van der Waals surface area contributed by atoms with Crippen molar-refractivity contribution >= 4 is 23.5 Å². The highest BCUT2D eigenvalue weighted by molar-refractivity contribution is 6.04. The molecule has 0 heterocycles. The van der Waals surface area contributed by atoms with Crippen LogP contribution in [-0.2, 0) is 16.1 Å². The summed E-state index contributed by atoms with van der Waals surface area (Å²) in [7, 11) is 0. The molecular formula is C23H24N2O4. The van der Waals surface area contributed by atoms with Crippen LogP contribution in [0.4, 0.5) is 5.69 Å². The summed E-state index contributed by atoms with van der Waals surface area (Å²) in [5.74, 6) is -3.11. The van der Waals surface area contributed by atoms with Crippen LogP contribution in [0.1, 0.15) is 34.3 Å². The number of aryl methyl sites for hydroxylation is 1. The quantitative estimate of drug-likeness (QED) is 0.656. The Labute approximate surface area is 169 Å². The van der Waals surface area contributed by atoms with Crippen LogP contribution in [0.2, 0.25) is 0 Å². The number of para-hydroxylation sites is 1. The van der Waals surface area contributed by atoms with Gasteiger partial charge in [-0.3, -0.25) is 14.4 Å². The molecule has 0 radical (unpaired) electrons. The van der Waals surface area contributed by atoms with Gasteiger partial charge in [0.25, 0.3) is 5.91 Å². The molecule has 0 unspecified atom stereocenters. The average molecular weight is 392 g/mol. The Morgan fingerprint density at radius 3 is 2.34 bits per heavy atom. The Bertz CT molecular complexity index is 951. The molecule has 0 spiro atoms. The van der Waals surface area contributed by atoms with Gasteiger partial charge in [-0.2, -0.15) is 0 Å². The number of aliphatic carboxylic acids is 1. The number of hydrogen-bond acceptors (Lipinski definition) is 3. The number of hydrogen-bond donors (Lipinski definition) is 3. The second-order valence-electron chi connectivity index (χ2n) is 7.14. The normalized spacial score (nSPS) is 18.1. The van der Waals surface area contributed by atoms with E-state index in [1.54, 1.807) is 30.3 Å². The number of carboxylic acid groups (broad SMARTS) is 1. The van der Waals surface area contributed by atoms with Gasteiger partial charge in [0.15, 0.2) is 0 Å². The number of carbonyl (C=O) groups excluding carboxylic acids is 2. The van der Waals surface area contributed by atoms with Gasteiger partial charge in [-0.15, -0.1) is 0 Å². The molecule has 1 aliphatic carbocycles. The minimum atomic E-state index is -0.987. The van der Waals surface area contributed by atoms with E-state index in [0.29, 0.717) is 30.6 Å². The lowest BCUT2D eigenvalue weighted by atomic mass is 9.82. The molecule has 29 heavy (non-hydrogen) atoms. The standard InChI is InChI=1S/C23H24N2O4/c1-15-8-2-3-9-16(15)14-24-21(26)19-12-6-7-13-20(19)25-22(27)17-10-4-5-11-18(17)23(28)29/h2-9,12-13,17-18H,10-11,14H2,1H3,(H,24,26)(H,25,27)(H,28,29)/t17-,18+/m1/s1. The third kappa shape index (κ3) is 4.90. The van der Waals surface area contributed by atoms with E-state index in [1.807, 2.05) is 37.3 Å². The number of allylic oxidation sites excluding steroid dienone is 2. The minimum Gasteiger partial charge on any atom is -0.481 e. The Morgan fingerprint density at radius 1 is 0.966 bits per heavy atom. The summed E-state index contributed by atoms with van der Waals surface area (Å²) in [6.45, 7) is 2.36. The SMILES string of the molecule is Cc1ccccc1CNC(=O)c1ccccc1NC(=O)[C@@H]1CC=CC[C@@H]1C(=O)O. The van der Waals surface area contributed by atoms with Gasteiger partial charge in [0.2, 0.25) is 5.91 Å². The van der Waals surface area contributed by atoms with Crippen LogP contribution in [0.25, 0.3) is 0 Å². The van der Waals surface area contributed by atoms with Crippen LogP contribution in [0, 0.1) is 18.8 Å². The lowest BCUT2D eigenvalue weighted by Gasteiger charge is -2.24. The van der Waals surface area contributed by atoms with Crippen molar-refractivity contribution in [2.24, 2.45) is 11.8 Å². The van der Waals surface area contributed by atoms with Crippen molar-refractivity contribution in [3.8, 4) is 0 Å². The van der Waals surface area contributed by atoms with Crippen molar-refractivity contribution in [3.05, 3.63) is 77.4 Å². The van der Waals surface area contributed by atoms with E-state index >= 15 is 0 Å². The number of rotatable bonds is 6. The van der Waals surface area contributed by atoms with Gasteiger partial charge < -0.3 is 15.7 Å². The van der Waals surface area contributed by atoms with Gasteiger partial charge in [0, 0.05) is 6.54 Å². The van der Waals surface area contributed by atoms with E-state index < -0.39 is 17.8 Å². The first-order valence-electron chi connectivity index (χ1n) is 9.57. The van der Waals surface area contributed by atoms with Crippen molar-refractivity contribution in [1.29, 1.82) is 0 Å². The number of carbonyl (C=O) groups is 3. The Hall–Kier alpha value is -3.41. The van der Waals surface area contributed by atoms with Crippen LogP contribution >= 0.6 is 0 Å². The van der Waals surface area contributed by atoms with Gasteiger partial charge >= 0.3 is 5.97 Å². The fraction of sp³-hybridized carbons (Fsp3) is 0.261. The van der Waals surface area contributed by atoms with E-state index in [0.717, 1.165) is 11.1 Å². The number of nitrogens with one attached hydrogen (secondary N) is 2.